The number of ether oxygens (including phenoxy) is 4. The first-order valence-corrected chi connectivity index (χ1v) is 25.7. The predicted octanol–water partition coefficient (Wildman–Crippen LogP) is 6.95. The van der Waals surface area contributed by atoms with E-state index in [9.17, 15) is 43.5 Å². The molecule has 0 aromatic carbocycles. The van der Waals surface area contributed by atoms with Crippen molar-refractivity contribution in [2.75, 3.05) is 25.6 Å². The maximum Gasteiger partial charge on any atom is 0.481 e. The molecule has 9 atom stereocenters. The predicted molar refractivity (Wildman–Crippen MR) is 233 cm³/mol. The van der Waals surface area contributed by atoms with Crippen LogP contribution in [0, 0.1) is 5.92 Å². The molecule has 2 saturated heterocycles. The number of aliphatic hydroxyl groups is 2. The number of allylic oxidation sites excluding steroid dienone is 1. The van der Waals surface area contributed by atoms with E-state index in [4.69, 9.17) is 33.7 Å². The summed E-state index contributed by atoms with van der Waals surface area (Å²) in [5.74, 6) is -0.666. The molecule has 1 aromatic rings. The number of aromatic nitrogens is 2. The highest BCUT2D eigenvalue weighted by molar-refractivity contribution is 7.61. The molecule has 0 saturated carbocycles. The maximum absolute atomic E-state index is 12.8. The van der Waals surface area contributed by atoms with Crippen LogP contribution in [0.25, 0.3) is 0 Å². The van der Waals surface area contributed by atoms with Crippen LogP contribution >= 0.6 is 15.6 Å². The Kier molecular flexibility index (Phi) is 25.4. The summed E-state index contributed by atoms with van der Waals surface area (Å²) >= 11 is 0. The highest BCUT2D eigenvalue weighted by Crippen LogP contribution is 2.60. The van der Waals surface area contributed by atoms with Crippen molar-refractivity contribution in [1.29, 1.82) is 0 Å². The van der Waals surface area contributed by atoms with E-state index in [2.05, 4.69) is 42.2 Å². The lowest BCUT2D eigenvalue weighted by Gasteiger charge is -2.21. The Morgan fingerprint density at radius 1 is 0.825 bits per heavy atom. The van der Waals surface area contributed by atoms with Gasteiger partial charge in [0, 0.05) is 19.0 Å². The number of rotatable bonds is 35. The highest BCUT2D eigenvalue weighted by Gasteiger charge is 2.46. The van der Waals surface area contributed by atoms with E-state index >= 15 is 0 Å². The van der Waals surface area contributed by atoms with Gasteiger partial charge < -0.3 is 44.7 Å². The van der Waals surface area contributed by atoms with Gasteiger partial charge >= 0.3 is 33.3 Å². The average molecular weight is 938 g/mol. The molecule has 2 fully saturated rings. The number of aliphatic hydroxyl groups excluding tert-OH is 2. The van der Waals surface area contributed by atoms with Crippen molar-refractivity contribution in [2.45, 2.75) is 192 Å². The van der Waals surface area contributed by atoms with E-state index in [0.29, 0.717) is 31.0 Å². The number of hydrogen-bond donors (Lipinski definition) is 5. The fourth-order valence-corrected chi connectivity index (χ4v) is 9.14. The zero-order chi connectivity index (χ0) is 46.3. The second kappa shape index (κ2) is 29.2. The Labute approximate surface area is 371 Å². The SMILES string of the molecule is CCCCC/C=C\CC1OC1CCCCCCCC(=O)OC[C@H](COP(=O)(O)OP(=O)(O)OC[C@H]1O[C@@H](n2ccc(N)nc2=O)[C@H](O)[C@@H]1O)OC(=O)CCCCCCCCC(C)C. The molecule has 6 N–H and O–H groups in total. The van der Waals surface area contributed by atoms with Crippen molar-refractivity contribution in [3.05, 3.63) is 34.9 Å². The molecule has 0 spiro atoms. The van der Waals surface area contributed by atoms with E-state index in [1.54, 1.807) is 0 Å². The van der Waals surface area contributed by atoms with Crippen LogP contribution in [0.15, 0.2) is 29.2 Å². The van der Waals surface area contributed by atoms with Gasteiger partial charge in [-0.05, 0) is 50.5 Å². The van der Waals surface area contributed by atoms with Crippen LogP contribution in [-0.4, -0.2) is 97.9 Å². The number of hydrogen-bond acceptors (Lipinski definition) is 16. The summed E-state index contributed by atoms with van der Waals surface area (Å²) in [5, 5.41) is 20.8. The molecule has 1 aromatic heterocycles. The van der Waals surface area contributed by atoms with Gasteiger partial charge in [0.15, 0.2) is 12.3 Å². The standard InChI is InChI=1S/C42H73N3O16P2/c1-4-5-6-7-12-17-22-33-34(59-33)23-18-13-10-15-19-24-37(46)55-28-32(58-38(47)25-20-14-9-8-11-16-21-31(2)3)29-56-62(51,52)61-63(53,54)57-30-35-39(48)40(49)41(60-35)45-27-26-36(43)44-42(45)50/h12,17,26-27,31-35,39-41,48-49H,4-11,13-16,18-25,28-30H2,1-3H3,(H,51,52)(H,53,54)(H2,43,44,50)/b17-12-/t32-,33?,34?,35-,39-,40-,41-/m1/s1. The molecular formula is C42H73N3O16P2. The first-order valence-electron chi connectivity index (χ1n) is 22.7. The van der Waals surface area contributed by atoms with Crippen LogP contribution in [0.5, 0.6) is 0 Å². The summed E-state index contributed by atoms with van der Waals surface area (Å²) < 4.78 is 62.3. The van der Waals surface area contributed by atoms with Crippen molar-refractivity contribution in [3.63, 3.8) is 0 Å². The molecule has 63 heavy (non-hydrogen) atoms. The highest BCUT2D eigenvalue weighted by atomic mass is 31.3. The number of anilines is 1. The van der Waals surface area contributed by atoms with Crippen LogP contribution in [-0.2, 0) is 51.0 Å². The molecule has 2 aliphatic rings. The quantitative estimate of drug-likeness (QED) is 0.0151. The molecule has 0 amide bonds. The van der Waals surface area contributed by atoms with E-state index in [0.717, 1.165) is 87.8 Å². The zero-order valence-electron chi connectivity index (χ0n) is 37.2. The topological polar surface area (TPSA) is 278 Å². The Morgan fingerprint density at radius 2 is 1.48 bits per heavy atom. The third-order valence-corrected chi connectivity index (χ3v) is 13.3. The minimum Gasteiger partial charge on any atom is -0.462 e. The smallest absolute Gasteiger partial charge is 0.462 e. The van der Waals surface area contributed by atoms with Gasteiger partial charge in [0.25, 0.3) is 0 Å². The lowest BCUT2D eigenvalue weighted by molar-refractivity contribution is -0.161. The largest absolute Gasteiger partial charge is 0.481 e. The van der Waals surface area contributed by atoms with Crippen LogP contribution in [0.3, 0.4) is 0 Å². The van der Waals surface area contributed by atoms with E-state index in [-0.39, 0.29) is 18.7 Å². The lowest BCUT2D eigenvalue weighted by atomic mass is 10.0. The number of unbranched alkanes of at least 4 members (excludes halogenated alkanes) is 12. The molecule has 0 radical (unpaired) electrons. The molecule has 21 heteroatoms. The fourth-order valence-electron chi connectivity index (χ4n) is 7.03. The lowest BCUT2D eigenvalue weighted by Crippen LogP contribution is -2.36. The van der Waals surface area contributed by atoms with Crippen molar-refractivity contribution in [1.82, 2.24) is 9.55 Å². The van der Waals surface area contributed by atoms with Gasteiger partial charge in [0.1, 0.15) is 30.7 Å². The summed E-state index contributed by atoms with van der Waals surface area (Å²) in [4.78, 5) is 61.6. The molecule has 2 aliphatic heterocycles. The Hall–Kier alpha value is -2.54. The van der Waals surface area contributed by atoms with Crippen LogP contribution in [0.4, 0.5) is 5.82 Å². The Morgan fingerprint density at radius 3 is 2.16 bits per heavy atom. The summed E-state index contributed by atoms with van der Waals surface area (Å²) in [6.07, 6.45) is 16.6. The Balaban J connectivity index is 1.41. The molecule has 0 aliphatic carbocycles. The van der Waals surface area contributed by atoms with Gasteiger partial charge in [-0.15, -0.1) is 0 Å². The van der Waals surface area contributed by atoms with Crippen LogP contribution in [0.1, 0.15) is 155 Å². The number of phosphoric ester groups is 2. The van der Waals surface area contributed by atoms with E-state index < -0.39 is 83.7 Å². The van der Waals surface area contributed by atoms with Crippen LogP contribution in [0.2, 0.25) is 0 Å². The van der Waals surface area contributed by atoms with Crippen molar-refractivity contribution in [2.24, 2.45) is 5.92 Å². The molecule has 3 rings (SSSR count). The minimum absolute atomic E-state index is 0.0429. The molecule has 19 nitrogen and oxygen atoms in total. The maximum atomic E-state index is 12.8. The second-order valence-electron chi connectivity index (χ2n) is 16.8. The van der Waals surface area contributed by atoms with Gasteiger partial charge in [-0.3, -0.25) is 23.2 Å². The number of carbonyl (C=O) groups is 2. The number of carbonyl (C=O) groups excluding carboxylic acids is 2. The van der Waals surface area contributed by atoms with Crippen molar-refractivity contribution in [3.8, 4) is 0 Å². The summed E-state index contributed by atoms with van der Waals surface area (Å²) in [7, 11) is -10.8. The number of phosphoric acid groups is 2. The zero-order valence-corrected chi connectivity index (χ0v) is 39.0. The summed E-state index contributed by atoms with van der Waals surface area (Å²) in [6, 6.07) is 1.24. The van der Waals surface area contributed by atoms with Gasteiger partial charge in [-0.2, -0.15) is 9.29 Å². The van der Waals surface area contributed by atoms with Crippen molar-refractivity contribution < 1.29 is 71.0 Å². The molecule has 3 heterocycles. The molecule has 4 unspecified atom stereocenters. The minimum atomic E-state index is -5.42. The number of nitrogen functional groups attached to an aromatic ring is 1. The van der Waals surface area contributed by atoms with Gasteiger partial charge in [-0.1, -0.05) is 110 Å². The number of nitrogens with two attached hydrogens (primary N) is 1. The summed E-state index contributed by atoms with van der Waals surface area (Å²) in [6.45, 7) is 4.26. The summed E-state index contributed by atoms with van der Waals surface area (Å²) in [5.41, 5.74) is 4.57. The number of epoxide rings is 1. The third kappa shape index (κ3) is 23.0. The second-order valence-corrected chi connectivity index (χ2v) is 19.8. The van der Waals surface area contributed by atoms with E-state index in [1.165, 1.54) is 31.7 Å². The molecule has 362 valence electrons. The van der Waals surface area contributed by atoms with Crippen molar-refractivity contribution >= 4 is 33.4 Å². The normalized spacial score (nSPS) is 23.4. The first kappa shape index (κ1) is 54.8. The van der Waals surface area contributed by atoms with Gasteiger partial charge in [-0.25, -0.2) is 13.9 Å². The van der Waals surface area contributed by atoms with Gasteiger partial charge in [0.2, 0.25) is 0 Å². The van der Waals surface area contributed by atoms with Gasteiger partial charge in [0.05, 0.1) is 25.4 Å². The van der Waals surface area contributed by atoms with E-state index in [1.807, 2.05) is 0 Å². The average Bonchev–Trinajstić information content (AvgIpc) is 3.91. The molecule has 0 bridgehead atoms. The Bertz CT molecular complexity index is 1680. The van der Waals surface area contributed by atoms with Crippen LogP contribution < -0.4 is 11.4 Å². The third-order valence-electron chi connectivity index (χ3n) is 10.7. The number of esters is 2. The number of nitrogens with zero attached hydrogens (tertiary/aromatic N) is 2. The first-order chi connectivity index (χ1) is 30.0. The monoisotopic (exact) mass is 937 g/mol. The molecular weight excluding hydrogens is 864 g/mol. The fraction of sp³-hybridized carbons (Fsp3) is 0.810.